The van der Waals surface area contributed by atoms with Gasteiger partial charge in [-0.15, -0.1) is 0 Å². The molecule has 0 saturated heterocycles. The molecule has 5 heteroatoms. The van der Waals surface area contributed by atoms with E-state index in [2.05, 4.69) is 9.97 Å². The summed E-state index contributed by atoms with van der Waals surface area (Å²) < 4.78 is 9.85. The molecular formula is C10H14N2O3. The largest absolute Gasteiger partial charge is 0.481 e. The van der Waals surface area contributed by atoms with Gasteiger partial charge in [-0.25, -0.2) is 9.97 Å². The van der Waals surface area contributed by atoms with Crippen LogP contribution in [0.3, 0.4) is 0 Å². The van der Waals surface area contributed by atoms with E-state index in [1.54, 1.807) is 13.1 Å². The zero-order valence-electron chi connectivity index (χ0n) is 8.90. The number of aromatic nitrogens is 2. The number of hydrogen-bond acceptors (Lipinski definition) is 5. The van der Waals surface area contributed by atoms with E-state index in [0.717, 1.165) is 5.56 Å². The number of rotatable bonds is 5. The first kappa shape index (κ1) is 11.4. The van der Waals surface area contributed by atoms with Crippen LogP contribution < -0.4 is 4.74 Å². The second-order valence-electron chi connectivity index (χ2n) is 2.86. The lowest BCUT2D eigenvalue weighted by Gasteiger charge is -2.05. The van der Waals surface area contributed by atoms with Crippen LogP contribution in [0.15, 0.2) is 12.5 Å². The molecule has 0 N–H and O–H groups in total. The Morgan fingerprint density at radius 1 is 1.53 bits per heavy atom. The van der Waals surface area contributed by atoms with E-state index in [9.17, 15) is 4.79 Å². The summed E-state index contributed by atoms with van der Waals surface area (Å²) in [5.41, 5.74) is 0.813. The summed E-state index contributed by atoms with van der Waals surface area (Å²) in [6, 6.07) is 0. The van der Waals surface area contributed by atoms with Crippen LogP contribution >= 0.6 is 0 Å². The summed E-state index contributed by atoms with van der Waals surface area (Å²) in [5.74, 6) is 0.290. The van der Waals surface area contributed by atoms with Crippen molar-refractivity contribution < 1.29 is 14.3 Å². The third-order valence-corrected chi connectivity index (χ3v) is 1.84. The Labute approximate surface area is 88.4 Å². The normalized spacial score (nSPS) is 9.73. The molecule has 1 aromatic heterocycles. The van der Waals surface area contributed by atoms with Gasteiger partial charge in [0, 0.05) is 18.2 Å². The number of aryl methyl sites for hydroxylation is 1. The van der Waals surface area contributed by atoms with Crippen molar-refractivity contribution in [3.8, 4) is 5.88 Å². The van der Waals surface area contributed by atoms with E-state index in [0.29, 0.717) is 25.3 Å². The van der Waals surface area contributed by atoms with Crippen molar-refractivity contribution in [1.82, 2.24) is 9.97 Å². The average Bonchev–Trinajstić information content (AvgIpc) is 2.27. The standard InChI is InChI=1S/C10H14N2O3/c1-3-15-9(13)5-4-8-6-11-7-12-10(8)14-2/h6-7H,3-5H2,1-2H3. The molecule has 82 valence electrons. The van der Waals surface area contributed by atoms with E-state index in [1.165, 1.54) is 13.4 Å². The Bertz CT molecular complexity index is 328. The Kier molecular flexibility index (Phi) is 4.53. The van der Waals surface area contributed by atoms with Gasteiger partial charge in [0.2, 0.25) is 5.88 Å². The number of esters is 1. The molecule has 5 nitrogen and oxygen atoms in total. The molecule has 0 bridgehead atoms. The maximum absolute atomic E-state index is 11.1. The summed E-state index contributed by atoms with van der Waals surface area (Å²) in [6.45, 7) is 2.19. The maximum Gasteiger partial charge on any atom is 0.306 e. The highest BCUT2D eigenvalue weighted by molar-refractivity contribution is 5.69. The molecular weight excluding hydrogens is 196 g/mol. The topological polar surface area (TPSA) is 61.3 Å². The van der Waals surface area contributed by atoms with Crippen LogP contribution in [-0.2, 0) is 16.0 Å². The smallest absolute Gasteiger partial charge is 0.306 e. The maximum atomic E-state index is 11.1. The predicted molar refractivity (Wildman–Crippen MR) is 53.5 cm³/mol. The van der Waals surface area contributed by atoms with Gasteiger partial charge in [-0.3, -0.25) is 4.79 Å². The van der Waals surface area contributed by atoms with Gasteiger partial charge in [-0.05, 0) is 13.3 Å². The molecule has 0 aromatic carbocycles. The summed E-state index contributed by atoms with van der Waals surface area (Å²) in [4.78, 5) is 18.9. The van der Waals surface area contributed by atoms with E-state index in [4.69, 9.17) is 9.47 Å². The van der Waals surface area contributed by atoms with Crippen molar-refractivity contribution in [2.45, 2.75) is 19.8 Å². The second-order valence-corrected chi connectivity index (χ2v) is 2.86. The van der Waals surface area contributed by atoms with Crippen LogP contribution in [0.5, 0.6) is 5.88 Å². The van der Waals surface area contributed by atoms with Gasteiger partial charge in [-0.1, -0.05) is 0 Å². The first-order valence-corrected chi connectivity index (χ1v) is 4.76. The zero-order valence-corrected chi connectivity index (χ0v) is 8.90. The minimum atomic E-state index is -0.219. The third kappa shape index (κ3) is 3.53. The summed E-state index contributed by atoms with van der Waals surface area (Å²) in [5, 5.41) is 0. The second kappa shape index (κ2) is 5.95. The number of hydrogen-bond donors (Lipinski definition) is 0. The lowest BCUT2D eigenvalue weighted by molar-refractivity contribution is -0.143. The van der Waals surface area contributed by atoms with E-state index in [1.807, 2.05) is 0 Å². The Balaban J connectivity index is 2.53. The van der Waals surface area contributed by atoms with Crippen LogP contribution in [0.4, 0.5) is 0 Å². The summed E-state index contributed by atoms with van der Waals surface area (Å²) in [6.07, 6.45) is 3.90. The third-order valence-electron chi connectivity index (χ3n) is 1.84. The fourth-order valence-corrected chi connectivity index (χ4v) is 1.17. The molecule has 0 aliphatic rings. The van der Waals surface area contributed by atoms with Crippen molar-refractivity contribution in [3.05, 3.63) is 18.1 Å². The predicted octanol–water partition coefficient (Wildman–Crippen LogP) is 0.981. The monoisotopic (exact) mass is 210 g/mol. The molecule has 1 aromatic rings. The van der Waals surface area contributed by atoms with Crippen molar-refractivity contribution in [2.75, 3.05) is 13.7 Å². The number of nitrogens with zero attached hydrogens (tertiary/aromatic N) is 2. The fraction of sp³-hybridized carbons (Fsp3) is 0.500. The van der Waals surface area contributed by atoms with Gasteiger partial charge in [-0.2, -0.15) is 0 Å². The molecule has 0 aliphatic carbocycles. The quantitative estimate of drug-likeness (QED) is 0.678. The van der Waals surface area contributed by atoms with Gasteiger partial charge in [0.15, 0.2) is 0 Å². The van der Waals surface area contributed by atoms with Crippen LogP contribution in [0.2, 0.25) is 0 Å². The molecule has 0 atom stereocenters. The highest BCUT2D eigenvalue weighted by atomic mass is 16.5. The first-order chi connectivity index (χ1) is 7.27. The van der Waals surface area contributed by atoms with Crippen LogP contribution in [0.25, 0.3) is 0 Å². The molecule has 0 spiro atoms. The molecule has 0 fully saturated rings. The van der Waals surface area contributed by atoms with Gasteiger partial charge in [0.1, 0.15) is 6.33 Å². The number of methoxy groups -OCH3 is 1. The molecule has 1 heterocycles. The van der Waals surface area contributed by atoms with Crippen LogP contribution in [0, 0.1) is 0 Å². The molecule has 0 saturated carbocycles. The zero-order chi connectivity index (χ0) is 11.1. The SMILES string of the molecule is CCOC(=O)CCc1cncnc1OC. The number of carbonyl (C=O) groups is 1. The van der Waals surface area contributed by atoms with Gasteiger partial charge in [0.05, 0.1) is 13.7 Å². The van der Waals surface area contributed by atoms with Gasteiger partial charge >= 0.3 is 5.97 Å². The van der Waals surface area contributed by atoms with Crippen molar-refractivity contribution in [1.29, 1.82) is 0 Å². The average molecular weight is 210 g/mol. The Morgan fingerprint density at radius 3 is 3.00 bits per heavy atom. The Hall–Kier alpha value is -1.65. The van der Waals surface area contributed by atoms with E-state index in [-0.39, 0.29) is 5.97 Å². The fourth-order valence-electron chi connectivity index (χ4n) is 1.17. The molecule has 0 amide bonds. The van der Waals surface area contributed by atoms with Crippen molar-refractivity contribution in [3.63, 3.8) is 0 Å². The molecule has 0 unspecified atom stereocenters. The highest BCUT2D eigenvalue weighted by Gasteiger charge is 2.07. The van der Waals surface area contributed by atoms with E-state index >= 15 is 0 Å². The molecule has 15 heavy (non-hydrogen) atoms. The minimum Gasteiger partial charge on any atom is -0.481 e. The minimum absolute atomic E-state index is 0.219. The molecule has 0 radical (unpaired) electrons. The Morgan fingerprint density at radius 2 is 2.33 bits per heavy atom. The molecule has 0 aliphatic heterocycles. The van der Waals surface area contributed by atoms with Crippen molar-refractivity contribution in [2.24, 2.45) is 0 Å². The van der Waals surface area contributed by atoms with Crippen molar-refractivity contribution >= 4 is 5.97 Å². The first-order valence-electron chi connectivity index (χ1n) is 4.76. The van der Waals surface area contributed by atoms with E-state index < -0.39 is 0 Å². The molecule has 1 rings (SSSR count). The van der Waals surface area contributed by atoms with Gasteiger partial charge in [0.25, 0.3) is 0 Å². The lowest BCUT2D eigenvalue weighted by atomic mass is 10.2. The number of ether oxygens (including phenoxy) is 2. The highest BCUT2D eigenvalue weighted by Crippen LogP contribution is 2.14. The lowest BCUT2D eigenvalue weighted by Crippen LogP contribution is -2.06. The van der Waals surface area contributed by atoms with Crippen LogP contribution in [0.1, 0.15) is 18.9 Å². The summed E-state index contributed by atoms with van der Waals surface area (Å²) in [7, 11) is 1.54. The van der Waals surface area contributed by atoms with Gasteiger partial charge < -0.3 is 9.47 Å². The summed E-state index contributed by atoms with van der Waals surface area (Å²) >= 11 is 0. The number of carbonyl (C=O) groups excluding carboxylic acids is 1. The van der Waals surface area contributed by atoms with Crippen LogP contribution in [-0.4, -0.2) is 29.7 Å².